The number of pyridine rings is 1. The minimum atomic E-state index is 0.972. The topological polar surface area (TPSA) is 17.3 Å². The van der Waals surface area contributed by atoms with Gasteiger partial charge in [0.2, 0.25) is 0 Å². The first-order chi connectivity index (χ1) is 7.86. The summed E-state index contributed by atoms with van der Waals surface area (Å²) >= 11 is 3.47. The van der Waals surface area contributed by atoms with Crippen molar-refractivity contribution in [2.75, 3.05) is 0 Å². The third kappa shape index (κ3) is 1.44. The van der Waals surface area contributed by atoms with Crippen LogP contribution < -0.4 is 0 Å². The van der Waals surface area contributed by atoms with Gasteiger partial charge in [0.1, 0.15) is 10.3 Å². The molecule has 2 aromatic heterocycles. The number of rotatable bonds is 1. The Morgan fingerprint density at radius 2 is 1.81 bits per heavy atom. The maximum atomic E-state index is 4.41. The third-order valence-corrected chi connectivity index (χ3v) is 3.16. The molecule has 0 aliphatic heterocycles. The maximum Gasteiger partial charge on any atom is 0.145 e. The zero-order valence-electron chi connectivity index (χ0n) is 8.47. The second kappa shape index (κ2) is 3.76. The lowest BCUT2D eigenvalue weighted by molar-refractivity contribution is 1.16. The number of benzene rings is 1. The standard InChI is InChI=1S/C13H9BrN2/c14-12-9-15-13-11(7-4-8-16(12)13)10-5-2-1-3-6-10/h1-9H. The summed E-state index contributed by atoms with van der Waals surface area (Å²) in [6.45, 7) is 0. The number of nitrogens with zero attached hydrogens (tertiary/aromatic N) is 2. The van der Waals surface area contributed by atoms with E-state index in [4.69, 9.17) is 0 Å². The van der Waals surface area contributed by atoms with E-state index in [1.807, 2.05) is 41.1 Å². The van der Waals surface area contributed by atoms with Gasteiger partial charge in [-0.25, -0.2) is 4.98 Å². The third-order valence-electron chi connectivity index (χ3n) is 2.58. The highest BCUT2D eigenvalue weighted by atomic mass is 79.9. The Bertz CT molecular complexity index is 629. The normalized spacial score (nSPS) is 10.8. The molecule has 0 fully saturated rings. The Kier molecular flexibility index (Phi) is 2.26. The Balaban J connectivity index is 2.32. The molecule has 0 unspecified atom stereocenters. The highest BCUT2D eigenvalue weighted by molar-refractivity contribution is 9.10. The van der Waals surface area contributed by atoms with Gasteiger partial charge in [0.25, 0.3) is 0 Å². The number of aromatic nitrogens is 2. The summed E-state index contributed by atoms with van der Waals surface area (Å²) in [7, 11) is 0. The van der Waals surface area contributed by atoms with Crippen molar-refractivity contribution in [2.45, 2.75) is 0 Å². The van der Waals surface area contributed by atoms with Crippen molar-refractivity contribution >= 4 is 21.6 Å². The Hall–Kier alpha value is -1.61. The van der Waals surface area contributed by atoms with Crippen LogP contribution >= 0.6 is 15.9 Å². The lowest BCUT2D eigenvalue weighted by Gasteiger charge is -2.03. The van der Waals surface area contributed by atoms with Crippen LogP contribution in [0, 0.1) is 0 Å². The van der Waals surface area contributed by atoms with E-state index < -0.39 is 0 Å². The zero-order valence-corrected chi connectivity index (χ0v) is 10.1. The highest BCUT2D eigenvalue weighted by Crippen LogP contribution is 2.25. The maximum absolute atomic E-state index is 4.41. The van der Waals surface area contributed by atoms with Gasteiger partial charge in [0.15, 0.2) is 0 Å². The average molecular weight is 273 g/mol. The lowest BCUT2D eigenvalue weighted by atomic mass is 10.1. The predicted molar refractivity (Wildman–Crippen MR) is 68.3 cm³/mol. The van der Waals surface area contributed by atoms with Crippen molar-refractivity contribution in [3.63, 3.8) is 0 Å². The molecule has 3 aromatic rings. The van der Waals surface area contributed by atoms with Crippen LogP contribution in [0.4, 0.5) is 0 Å². The van der Waals surface area contributed by atoms with E-state index in [-0.39, 0.29) is 0 Å². The average Bonchev–Trinajstić information content (AvgIpc) is 2.73. The van der Waals surface area contributed by atoms with E-state index in [1.165, 1.54) is 5.56 Å². The van der Waals surface area contributed by atoms with Gasteiger partial charge < -0.3 is 0 Å². The summed E-state index contributed by atoms with van der Waals surface area (Å²) < 4.78 is 3.00. The zero-order chi connectivity index (χ0) is 11.0. The van der Waals surface area contributed by atoms with Crippen LogP contribution in [0.2, 0.25) is 0 Å². The van der Waals surface area contributed by atoms with Crippen LogP contribution in [-0.4, -0.2) is 9.38 Å². The van der Waals surface area contributed by atoms with Gasteiger partial charge in [0.05, 0.1) is 6.20 Å². The van der Waals surface area contributed by atoms with E-state index in [0.717, 1.165) is 15.8 Å². The molecule has 0 aliphatic rings. The van der Waals surface area contributed by atoms with Crippen molar-refractivity contribution in [2.24, 2.45) is 0 Å². The van der Waals surface area contributed by atoms with Crippen molar-refractivity contribution < 1.29 is 0 Å². The van der Waals surface area contributed by atoms with Gasteiger partial charge in [-0.2, -0.15) is 0 Å². The molecule has 0 spiro atoms. The Morgan fingerprint density at radius 1 is 1.00 bits per heavy atom. The smallest absolute Gasteiger partial charge is 0.145 e. The molecule has 0 amide bonds. The fourth-order valence-corrected chi connectivity index (χ4v) is 2.21. The van der Waals surface area contributed by atoms with E-state index in [1.54, 1.807) is 0 Å². The minimum absolute atomic E-state index is 0.972. The van der Waals surface area contributed by atoms with Crippen LogP contribution in [0.1, 0.15) is 0 Å². The van der Waals surface area contributed by atoms with E-state index in [0.29, 0.717) is 0 Å². The molecule has 3 heteroatoms. The van der Waals surface area contributed by atoms with Gasteiger partial charge in [0, 0.05) is 11.8 Å². The molecule has 2 nitrogen and oxygen atoms in total. The second-order valence-corrected chi connectivity index (χ2v) is 4.37. The number of imidazole rings is 1. The van der Waals surface area contributed by atoms with Crippen LogP contribution in [-0.2, 0) is 0 Å². The highest BCUT2D eigenvalue weighted by Gasteiger charge is 2.06. The van der Waals surface area contributed by atoms with Crippen molar-refractivity contribution in [3.05, 3.63) is 59.5 Å². The van der Waals surface area contributed by atoms with Crippen LogP contribution in [0.25, 0.3) is 16.8 Å². The summed E-state index contributed by atoms with van der Waals surface area (Å²) in [5.74, 6) is 0. The molecule has 1 aromatic carbocycles. The first-order valence-corrected chi connectivity index (χ1v) is 5.82. The lowest BCUT2D eigenvalue weighted by Crippen LogP contribution is -1.87. The molecule has 78 valence electrons. The largest absolute Gasteiger partial charge is 0.294 e. The minimum Gasteiger partial charge on any atom is -0.294 e. The first kappa shape index (κ1) is 9.60. The van der Waals surface area contributed by atoms with Crippen LogP contribution in [0.3, 0.4) is 0 Å². The van der Waals surface area contributed by atoms with Gasteiger partial charge in [-0.15, -0.1) is 0 Å². The number of hydrogen-bond acceptors (Lipinski definition) is 1. The quantitative estimate of drug-likeness (QED) is 0.659. The van der Waals surface area contributed by atoms with Gasteiger partial charge in [-0.05, 0) is 33.6 Å². The summed E-state index contributed by atoms with van der Waals surface area (Å²) in [6, 6.07) is 14.4. The number of fused-ring (bicyclic) bond motifs is 1. The molecule has 0 N–H and O–H groups in total. The van der Waals surface area contributed by atoms with E-state index in [2.05, 4.69) is 39.1 Å². The molecule has 0 atom stereocenters. The monoisotopic (exact) mass is 272 g/mol. The fraction of sp³-hybridized carbons (Fsp3) is 0. The van der Waals surface area contributed by atoms with Crippen LogP contribution in [0.15, 0.2) is 59.5 Å². The molecule has 2 heterocycles. The van der Waals surface area contributed by atoms with Gasteiger partial charge in [-0.1, -0.05) is 30.3 Å². The first-order valence-electron chi connectivity index (χ1n) is 5.03. The molecule has 0 bridgehead atoms. The SMILES string of the molecule is Brc1cnc2c(-c3ccccc3)cccn12. The molecule has 16 heavy (non-hydrogen) atoms. The Labute approximate surface area is 102 Å². The summed E-state index contributed by atoms with van der Waals surface area (Å²) in [4.78, 5) is 4.41. The molecule has 0 saturated carbocycles. The molecular weight excluding hydrogens is 264 g/mol. The number of halogens is 1. The molecular formula is C13H9BrN2. The van der Waals surface area contributed by atoms with Gasteiger partial charge >= 0.3 is 0 Å². The second-order valence-electron chi connectivity index (χ2n) is 3.56. The molecule has 0 radical (unpaired) electrons. The summed E-state index contributed by atoms with van der Waals surface area (Å²) in [5.41, 5.74) is 3.31. The number of hydrogen-bond donors (Lipinski definition) is 0. The molecule has 3 rings (SSSR count). The van der Waals surface area contributed by atoms with E-state index in [9.17, 15) is 0 Å². The fourth-order valence-electron chi connectivity index (χ4n) is 1.82. The van der Waals surface area contributed by atoms with Crippen molar-refractivity contribution in [1.82, 2.24) is 9.38 Å². The summed E-state index contributed by atoms with van der Waals surface area (Å²) in [6.07, 6.45) is 3.82. The van der Waals surface area contributed by atoms with E-state index >= 15 is 0 Å². The summed E-state index contributed by atoms with van der Waals surface area (Å²) in [5, 5.41) is 0. The Morgan fingerprint density at radius 3 is 2.62 bits per heavy atom. The molecule has 0 aliphatic carbocycles. The van der Waals surface area contributed by atoms with Crippen molar-refractivity contribution in [3.8, 4) is 11.1 Å². The van der Waals surface area contributed by atoms with Crippen LogP contribution in [0.5, 0.6) is 0 Å². The molecule has 0 saturated heterocycles. The predicted octanol–water partition coefficient (Wildman–Crippen LogP) is 3.76. The van der Waals surface area contributed by atoms with Crippen molar-refractivity contribution in [1.29, 1.82) is 0 Å². The van der Waals surface area contributed by atoms with Gasteiger partial charge in [-0.3, -0.25) is 4.40 Å².